The van der Waals surface area contributed by atoms with E-state index in [-0.39, 0.29) is 34.9 Å². The minimum atomic E-state index is -0.902. The van der Waals surface area contributed by atoms with Crippen LogP contribution in [0.2, 0.25) is 0 Å². The summed E-state index contributed by atoms with van der Waals surface area (Å²) in [4.78, 5) is 24.3. The molecule has 0 amide bonds. The summed E-state index contributed by atoms with van der Waals surface area (Å²) in [5.41, 5.74) is -0.0216. The molecule has 164 valence electrons. The molecule has 5 nitrogen and oxygen atoms in total. The normalized spacial score (nSPS) is 50.4. The summed E-state index contributed by atoms with van der Waals surface area (Å²) in [5.74, 6) is 0.552. The third kappa shape index (κ3) is 3.18. The first-order chi connectivity index (χ1) is 13.6. The smallest absolute Gasteiger partial charge is 0.303 e. The molecule has 4 rings (SSSR count). The highest BCUT2D eigenvalue weighted by Crippen LogP contribution is 2.67. The standard InChI is InChI=1S/C24H38O5/c1-13(4-7-19(26)27)15-5-6-16-20-17(9-11-23(15,16)2)24(3)10-8-14(25)12-18(24)21(28)22(20)29/h13-18,20,22,25,29H,4-12H2,1-3H3,(H,26,27)/t13-,14-,15-,16+,17+,18-,20+,22-,23+,24+/m0/s1. The first-order valence-corrected chi connectivity index (χ1v) is 11.7. The summed E-state index contributed by atoms with van der Waals surface area (Å²) >= 11 is 0. The van der Waals surface area contributed by atoms with E-state index in [0.29, 0.717) is 36.5 Å². The Hall–Kier alpha value is -0.940. The van der Waals surface area contributed by atoms with Crippen LogP contribution in [-0.2, 0) is 9.59 Å². The second-order valence-electron chi connectivity index (χ2n) is 11.3. The van der Waals surface area contributed by atoms with Gasteiger partial charge in [-0.3, -0.25) is 9.59 Å². The monoisotopic (exact) mass is 406 g/mol. The average molecular weight is 407 g/mol. The van der Waals surface area contributed by atoms with E-state index in [0.717, 1.165) is 38.5 Å². The van der Waals surface area contributed by atoms with Crippen LogP contribution in [-0.4, -0.2) is 39.3 Å². The molecule has 0 aromatic heterocycles. The van der Waals surface area contributed by atoms with E-state index in [1.165, 1.54) is 0 Å². The predicted molar refractivity (Wildman–Crippen MR) is 109 cm³/mol. The van der Waals surface area contributed by atoms with Crippen molar-refractivity contribution in [2.45, 2.75) is 90.8 Å². The molecule has 0 saturated heterocycles. The van der Waals surface area contributed by atoms with Crippen molar-refractivity contribution >= 4 is 11.8 Å². The number of hydrogen-bond acceptors (Lipinski definition) is 4. The molecular weight excluding hydrogens is 368 g/mol. The van der Waals surface area contributed by atoms with Gasteiger partial charge < -0.3 is 15.3 Å². The van der Waals surface area contributed by atoms with Gasteiger partial charge in [-0.2, -0.15) is 0 Å². The van der Waals surface area contributed by atoms with Gasteiger partial charge in [0.15, 0.2) is 5.78 Å². The number of aliphatic hydroxyl groups excluding tert-OH is 2. The molecule has 0 bridgehead atoms. The Morgan fingerprint density at radius 1 is 1.07 bits per heavy atom. The van der Waals surface area contributed by atoms with Crippen molar-refractivity contribution in [1.82, 2.24) is 0 Å². The van der Waals surface area contributed by atoms with Crippen LogP contribution in [0.5, 0.6) is 0 Å². The summed E-state index contributed by atoms with van der Waals surface area (Å²) in [7, 11) is 0. The van der Waals surface area contributed by atoms with Crippen LogP contribution in [0.25, 0.3) is 0 Å². The quantitative estimate of drug-likeness (QED) is 0.662. The third-order valence-corrected chi connectivity index (χ3v) is 10.1. The second-order valence-corrected chi connectivity index (χ2v) is 11.3. The number of carboxylic acids is 1. The number of rotatable bonds is 4. The largest absolute Gasteiger partial charge is 0.481 e. The summed E-state index contributed by atoms with van der Waals surface area (Å²) in [6.45, 7) is 6.78. The average Bonchev–Trinajstić information content (AvgIpc) is 3.02. The number of carbonyl (C=O) groups is 2. The van der Waals surface area contributed by atoms with Crippen LogP contribution in [0.15, 0.2) is 0 Å². The molecule has 0 heterocycles. The van der Waals surface area contributed by atoms with Crippen molar-refractivity contribution in [1.29, 1.82) is 0 Å². The van der Waals surface area contributed by atoms with E-state index < -0.39 is 18.2 Å². The fourth-order valence-electron chi connectivity index (χ4n) is 8.52. The van der Waals surface area contributed by atoms with Crippen molar-refractivity contribution in [2.24, 2.45) is 46.3 Å². The number of hydrogen-bond donors (Lipinski definition) is 3. The maximum absolute atomic E-state index is 13.2. The van der Waals surface area contributed by atoms with E-state index in [2.05, 4.69) is 20.8 Å². The fourth-order valence-corrected chi connectivity index (χ4v) is 8.52. The van der Waals surface area contributed by atoms with Gasteiger partial charge in [0.25, 0.3) is 0 Å². The fraction of sp³-hybridized carbons (Fsp3) is 0.917. The molecule has 10 atom stereocenters. The Labute approximate surface area is 174 Å². The molecule has 4 aliphatic rings. The zero-order chi connectivity index (χ0) is 21.1. The third-order valence-electron chi connectivity index (χ3n) is 10.1. The molecule has 0 unspecified atom stereocenters. The molecule has 4 saturated carbocycles. The number of Topliss-reactive ketones (excluding diaryl/α,β-unsaturated/α-hetero) is 1. The Morgan fingerprint density at radius 3 is 2.41 bits per heavy atom. The lowest BCUT2D eigenvalue weighted by molar-refractivity contribution is -0.184. The molecule has 0 aliphatic heterocycles. The Balaban J connectivity index is 1.60. The zero-order valence-electron chi connectivity index (χ0n) is 18.1. The van der Waals surface area contributed by atoms with E-state index >= 15 is 0 Å². The van der Waals surface area contributed by atoms with E-state index in [1.54, 1.807) is 0 Å². The summed E-state index contributed by atoms with van der Waals surface area (Å²) < 4.78 is 0. The Kier molecular flexibility index (Phi) is 5.39. The van der Waals surface area contributed by atoms with Gasteiger partial charge in [0.2, 0.25) is 0 Å². The maximum atomic E-state index is 13.2. The van der Waals surface area contributed by atoms with Gasteiger partial charge in [-0.25, -0.2) is 0 Å². The van der Waals surface area contributed by atoms with Crippen molar-refractivity contribution in [3.8, 4) is 0 Å². The van der Waals surface area contributed by atoms with E-state index in [4.69, 9.17) is 5.11 Å². The van der Waals surface area contributed by atoms with Crippen LogP contribution >= 0.6 is 0 Å². The highest BCUT2D eigenvalue weighted by molar-refractivity contribution is 5.87. The van der Waals surface area contributed by atoms with Gasteiger partial charge in [-0.05, 0) is 91.8 Å². The van der Waals surface area contributed by atoms with Crippen molar-refractivity contribution in [2.75, 3.05) is 0 Å². The molecule has 29 heavy (non-hydrogen) atoms. The van der Waals surface area contributed by atoms with Crippen LogP contribution in [0.3, 0.4) is 0 Å². The lowest BCUT2D eigenvalue weighted by Gasteiger charge is -2.61. The lowest BCUT2D eigenvalue weighted by Crippen LogP contribution is -2.62. The van der Waals surface area contributed by atoms with Crippen molar-refractivity contribution in [3.63, 3.8) is 0 Å². The van der Waals surface area contributed by atoms with Gasteiger partial charge >= 0.3 is 5.97 Å². The molecule has 3 N–H and O–H groups in total. The highest BCUT2D eigenvalue weighted by Gasteiger charge is 2.65. The number of aliphatic carboxylic acids is 1. The highest BCUT2D eigenvalue weighted by atomic mass is 16.4. The summed E-state index contributed by atoms with van der Waals surface area (Å²) in [6, 6.07) is 0. The van der Waals surface area contributed by atoms with Gasteiger partial charge in [-0.1, -0.05) is 20.8 Å². The molecule has 0 spiro atoms. The van der Waals surface area contributed by atoms with Gasteiger partial charge in [0.05, 0.1) is 6.10 Å². The maximum Gasteiger partial charge on any atom is 0.303 e. The molecule has 0 aromatic carbocycles. The summed E-state index contributed by atoms with van der Waals surface area (Å²) in [6.07, 6.45) is 5.99. The lowest BCUT2D eigenvalue weighted by atomic mass is 9.43. The first kappa shape index (κ1) is 21.3. The van der Waals surface area contributed by atoms with Crippen molar-refractivity contribution < 1.29 is 24.9 Å². The zero-order valence-corrected chi connectivity index (χ0v) is 18.1. The molecule has 5 heteroatoms. The first-order valence-electron chi connectivity index (χ1n) is 11.7. The molecule has 4 aliphatic carbocycles. The molecule has 4 fully saturated rings. The number of carboxylic acid groups (broad SMARTS) is 1. The number of ketones is 1. The van der Waals surface area contributed by atoms with Crippen LogP contribution < -0.4 is 0 Å². The van der Waals surface area contributed by atoms with Crippen LogP contribution in [0.1, 0.15) is 78.6 Å². The Morgan fingerprint density at radius 2 is 1.72 bits per heavy atom. The van der Waals surface area contributed by atoms with Gasteiger partial charge in [0.1, 0.15) is 6.10 Å². The predicted octanol–water partition coefficient (Wildman–Crippen LogP) is 3.66. The number of aliphatic hydroxyl groups is 2. The van der Waals surface area contributed by atoms with E-state index in [9.17, 15) is 19.8 Å². The molecule has 0 aromatic rings. The SMILES string of the molecule is C[C@@H](CCC(=O)O)[C@@H]1CC[C@@H]2[C@H]3[C@H](O)C(=O)[C@@H]4C[C@@H](O)CC[C@]4(C)[C@@H]3CC[C@@]21C. The Bertz CT molecular complexity index is 676. The summed E-state index contributed by atoms with van der Waals surface area (Å²) in [5, 5.41) is 30.4. The van der Waals surface area contributed by atoms with Gasteiger partial charge in [0, 0.05) is 12.3 Å². The topological polar surface area (TPSA) is 94.8 Å². The van der Waals surface area contributed by atoms with Gasteiger partial charge in [-0.15, -0.1) is 0 Å². The van der Waals surface area contributed by atoms with Crippen molar-refractivity contribution in [3.05, 3.63) is 0 Å². The molecular formula is C24H38O5. The number of carbonyl (C=O) groups excluding carboxylic acids is 1. The van der Waals surface area contributed by atoms with E-state index in [1.807, 2.05) is 0 Å². The van der Waals surface area contributed by atoms with Crippen LogP contribution in [0.4, 0.5) is 0 Å². The molecule has 0 radical (unpaired) electrons. The number of fused-ring (bicyclic) bond motifs is 5. The minimum Gasteiger partial charge on any atom is -0.481 e. The van der Waals surface area contributed by atoms with Crippen LogP contribution in [0, 0.1) is 46.3 Å². The minimum absolute atomic E-state index is 0.0226. The second kappa shape index (κ2) is 7.33.